The van der Waals surface area contributed by atoms with Crippen molar-refractivity contribution in [2.45, 2.75) is 20.0 Å². The molecule has 0 amide bonds. The predicted molar refractivity (Wildman–Crippen MR) is 126 cm³/mol. The third-order valence-corrected chi connectivity index (χ3v) is 5.68. The van der Waals surface area contributed by atoms with E-state index in [1.54, 1.807) is 30.2 Å². The highest BCUT2D eigenvalue weighted by Crippen LogP contribution is 2.21. The van der Waals surface area contributed by atoms with Gasteiger partial charge in [0.1, 0.15) is 5.82 Å². The third kappa shape index (κ3) is 4.79. The first kappa shape index (κ1) is 21.9. The van der Waals surface area contributed by atoms with Gasteiger partial charge in [0.25, 0.3) is 0 Å². The van der Waals surface area contributed by atoms with E-state index in [1.165, 1.54) is 0 Å². The van der Waals surface area contributed by atoms with Gasteiger partial charge in [0, 0.05) is 49.7 Å². The summed E-state index contributed by atoms with van der Waals surface area (Å²) in [5.74, 6) is 1.83. The molecule has 0 unspecified atom stereocenters. The number of hydrogen-bond acceptors (Lipinski definition) is 8. The fourth-order valence-corrected chi connectivity index (χ4v) is 4.03. The Balaban J connectivity index is 1.50. The quantitative estimate of drug-likeness (QED) is 0.550. The zero-order valence-corrected chi connectivity index (χ0v) is 19.0. The van der Waals surface area contributed by atoms with Crippen molar-refractivity contribution >= 4 is 22.9 Å². The van der Waals surface area contributed by atoms with Crippen LogP contribution in [0.3, 0.4) is 0 Å². The second-order valence-electron chi connectivity index (χ2n) is 8.29. The molecule has 1 aliphatic rings. The number of ether oxygens (including phenoxy) is 1. The van der Waals surface area contributed by atoms with Gasteiger partial charge in [-0.15, -0.1) is 0 Å². The molecular formula is C23H30N8O. The molecule has 168 valence electrons. The molecule has 32 heavy (non-hydrogen) atoms. The fraction of sp³-hybridized carbons (Fsp3) is 0.391. The van der Waals surface area contributed by atoms with E-state index in [1.807, 2.05) is 31.3 Å². The van der Waals surface area contributed by atoms with E-state index >= 15 is 0 Å². The van der Waals surface area contributed by atoms with Gasteiger partial charge in [0.05, 0.1) is 42.0 Å². The number of nitrogens with one attached hydrogen (secondary N) is 1. The number of aryl methyl sites for hydroxylation is 1. The largest absolute Gasteiger partial charge is 0.404 e. The molecule has 0 aliphatic carbocycles. The second kappa shape index (κ2) is 9.46. The summed E-state index contributed by atoms with van der Waals surface area (Å²) in [4.78, 5) is 15.4. The van der Waals surface area contributed by atoms with Crippen molar-refractivity contribution < 1.29 is 4.74 Å². The highest BCUT2D eigenvalue weighted by atomic mass is 16.5. The molecule has 9 nitrogen and oxygen atoms in total. The summed E-state index contributed by atoms with van der Waals surface area (Å²) in [6.07, 6.45) is 7.10. The minimum absolute atomic E-state index is 0.198. The van der Waals surface area contributed by atoms with Crippen LogP contribution in [0.15, 0.2) is 53.6 Å². The van der Waals surface area contributed by atoms with Crippen LogP contribution < -0.4 is 11.1 Å². The van der Waals surface area contributed by atoms with E-state index < -0.39 is 0 Å². The number of rotatable bonds is 7. The van der Waals surface area contributed by atoms with Gasteiger partial charge in [-0.2, -0.15) is 5.10 Å². The number of aromatic nitrogens is 4. The molecule has 3 N–H and O–H groups in total. The van der Waals surface area contributed by atoms with E-state index in [9.17, 15) is 0 Å². The summed E-state index contributed by atoms with van der Waals surface area (Å²) in [5, 5.41) is 7.74. The summed E-state index contributed by atoms with van der Waals surface area (Å²) in [5.41, 5.74) is 10.4. The van der Waals surface area contributed by atoms with E-state index in [-0.39, 0.29) is 6.10 Å². The monoisotopic (exact) mass is 434 g/mol. The third-order valence-electron chi connectivity index (χ3n) is 5.68. The van der Waals surface area contributed by atoms with Crippen molar-refractivity contribution in [1.82, 2.24) is 24.5 Å². The Bertz CT molecular complexity index is 1130. The van der Waals surface area contributed by atoms with E-state index in [4.69, 9.17) is 10.5 Å². The van der Waals surface area contributed by atoms with Crippen molar-refractivity contribution in [1.29, 1.82) is 0 Å². The number of anilines is 2. The highest BCUT2D eigenvalue weighted by molar-refractivity contribution is 6.13. The standard InChI is InChI=1S/C23H30N8O/c1-15-12-30(4)13-20(15)32-14-18(9-24)23(25-3)17-5-6-31-19(7-17)8-21(29-31)28-22-11-26-16(2)10-27-22/h5-11,15,20H,12-14,24H2,1-4H3,(H,27,28,29)/b18-9+,25-23?/t15-,20-/m0/s1. The topological polar surface area (TPSA) is 106 Å². The van der Waals surface area contributed by atoms with Crippen LogP contribution in [0.4, 0.5) is 11.6 Å². The lowest BCUT2D eigenvalue weighted by Gasteiger charge is -2.18. The van der Waals surface area contributed by atoms with Crippen LogP contribution in [0.2, 0.25) is 0 Å². The molecule has 4 heterocycles. The van der Waals surface area contributed by atoms with Crippen molar-refractivity contribution in [2.24, 2.45) is 16.6 Å². The fourth-order valence-electron chi connectivity index (χ4n) is 4.03. The first-order valence-corrected chi connectivity index (χ1v) is 10.7. The first-order valence-electron chi connectivity index (χ1n) is 10.7. The van der Waals surface area contributed by atoms with Gasteiger partial charge in [-0.05, 0) is 32.0 Å². The maximum absolute atomic E-state index is 6.20. The highest BCUT2D eigenvalue weighted by Gasteiger charge is 2.28. The number of aliphatic imine (C=N–C) groups is 1. The average molecular weight is 435 g/mol. The maximum atomic E-state index is 6.20. The zero-order chi connectivity index (χ0) is 22.7. The Morgan fingerprint density at radius 3 is 2.78 bits per heavy atom. The molecule has 0 radical (unpaired) electrons. The summed E-state index contributed by atoms with van der Waals surface area (Å²) in [6.45, 7) is 6.52. The number of fused-ring (bicyclic) bond motifs is 1. The van der Waals surface area contributed by atoms with Crippen LogP contribution in [-0.4, -0.2) is 70.1 Å². The molecule has 1 fully saturated rings. The summed E-state index contributed by atoms with van der Waals surface area (Å²) >= 11 is 0. The van der Waals surface area contributed by atoms with Crippen LogP contribution in [-0.2, 0) is 4.74 Å². The van der Waals surface area contributed by atoms with Gasteiger partial charge < -0.3 is 20.7 Å². The van der Waals surface area contributed by atoms with Gasteiger partial charge in [-0.1, -0.05) is 6.92 Å². The molecule has 0 spiro atoms. The SMILES string of the molecule is CN=C(/C(=C/N)CO[C@H]1CN(C)C[C@@H]1C)c1ccn2nc(Nc3cnc(C)cn3)cc2c1. The molecule has 3 aromatic rings. The lowest BCUT2D eigenvalue weighted by Crippen LogP contribution is -2.24. The first-order chi connectivity index (χ1) is 15.5. The molecule has 0 bridgehead atoms. The van der Waals surface area contributed by atoms with E-state index in [0.29, 0.717) is 24.2 Å². The molecule has 9 heteroatoms. The maximum Gasteiger partial charge on any atom is 0.154 e. The summed E-state index contributed by atoms with van der Waals surface area (Å²) in [7, 11) is 3.89. The van der Waals surface area contributed by atoms with Gasteiger partial charge in [0.2, 0.25) is 0 Å². The number of pyridine rings is 1. The van der Waals surface area contributed by atoms with Gasteiger partial charge in [-0.25, -0.2) is 9.50 Å². The average Bonchev–Trinajstić information content (AvgIpc) is 3.33. The lowest BCUT2D eigenvalue weighted by atomic mass is 10.0. The lowest BCUT2D eigenvalue weighted by molar-refractivity contribution is 0.0565. The Kier molecular flexibility index (Phi) is 6.48. The number of nitrogens with zero attached hydrogens (tertiary/aromatic N) is 6. The number of likely N-dealkylation sites (N-methyl/N-ethyl adjacent to an activating group) is 1. The summed E-state index contributed by atoms with van der Waals surface area (Å²) in [6, 6.07) is 5.97. The molecule has 0 aromatic carbocycles. The number of likely N-dealkylation sites (tertiary alicyclic amines) is 1. The normalized spacial score (nSPS) is 20.2. The van der Waals surface area contributed by atoms with Crippen molar-refractivity contribution in [3.63, 3.8) is 0 Å². The van der Waals surface area contributed by atoms with Gasteiger partial charge in [0.15, 0.2) is 5.82 Å². The molecule has 0 saturated carbocycles. The molecule has 4 rings (SSSR count). The van der Waals surface area contributed by atoms with E-state index in [2.05, 4.69) is 44.2 Å². The van der Waals surface area contributed by atoms with Crippen molar-refractivity contribution in [2.75, 3.05) is 39.1 Å². The Hall–Kier alpha value is -3.30. The van der Waals surface area contributed by atoms with Crippen molar-refractivity contribution in [3.05, 3.63) is 59.8 Å². The van der Waals surface area contributed by atoms with Crippen LogP contribution in [0.1, 0.15) is 18.2 Å². The summed E-state index contributed by atoms with van der Waals surface area (Å²) < 4.78 is 8.00. The second-order valence-corrected chi connectivity index (χ2v) is 8.29. The zero-order valence-electron chi connectivity index (χ0n) is 19.0. The molecule has 1 saturated heterocycles. The molecular weight excluding hydrogens is 404 g/mol. The molecule has 2 atom stereocenters. The van der Waals surface area contributed by atoms with E-state index in [0.717, 1.165) is 41.1 Å². The smallest absolute Gasteiger partial charge is 0.154 e. The Morgan fingerprint density at radius 2 is 2.12 bits per heavy atom. The molecule has 3 aromatic heterocycles. The number of hydrogen-bond donors (Lipinski definition) is 2. The van der Waals surface area contributed by atoms with Crippen molar-refractivity contribution in [3.8, 4) is 0 Å². The minimum Gasteiger partial charge on any atom is -0.404 e. The van der Waals surface area contributed by atoms with Crippen LogP contribution >= 0.6 is 0 Å². The van der Waals surface area contributed by atoms with Crippen LogP contribution in [0, 0.1) is 12.8 Å². The Labute approximate surface area is 188 Å². The van der Waals surface area contributed by atoms with Crippen LogP contribution in [0.25, 0.3) is 5.52 Å². The number of nitrogens with two attached hydrogens (primary N) is 1. The predicted octanol–water partition coefficient (Wildman–Crippen LogP) is 2.40. The van der Waals surface area contributed by atoms with Gasteiger partial charge >= 0.3 is 0 Å². The van der Waals surface area contributed by atoms with Crippen LogP contribution in [0.5, 0.6) is 0 Å². The van der Waals surface area contributed by atoms with Gasteiger partial charge in [-0.3, -0.25) is 9.98 Å². The molecule has 1 aliphatic heterocycles. The Morgan fingerprint density at radius 1 is 1.28 bits per heavy atom. The minimum atomic E-state index is 0.198.